The van der Waals surface area contributed by atoms with Gasteiger partial charge in [0.25, 0.3) is 0 Å². The van der Waals surface area contributed by atoms with Crippen LogP contribution in [0.2, 0.25) is 0 Å². The second-order valence-corrected chi connectivity index (χ2v) is 5.57. The molecule has 1 atom stereocenters. The lowest BCUT2D eigenvalue weighted by Crippen LogP contribution is -2.45. The van der Waals surface area contributed by atoms with Crippen molar-refractivity contribution in [2.24, 2.45) is 5.92 Å². The summed E-state index contributed by atoms with van der Waals surface area (Å²) in [4.78, 5) is 2.19. The second kappa shape index (κ2) is 7.91. The third kappa shape index (κ3) is 4.14. The van der Waals surface area contributed by atoms with E-state index in [4.69, 9.17) is 0 Å². The zero-order valence-corrected chi connectivity index (χ0v) is 12.9. The molecular formula is C15H23ClF2N2. The maximum Gasteiger partial charge on any atom is 0.130 e. The van der Waals surface area contributed by atoms with Crippen LogP contribution >= 0.6 is 12.4 Å². The largest absolute Gasteiger partial charge is 0.314 e. The van der Waals surface area contributed by atoms with Gasteiger partial charge in [-0.15, -0.1) is 12.4 Å². The number of halogens is 3. The summed E-state index contributed by atoms with van der Waals surface area (Å²) in [5.74, 6) is -0.452. The van der Waals surface area contributed by atoms with Gasteiger partial charge < -0.3 is 5.32 Å². The highest BCUT2D eigenvalue weighted by atomic mass is 35.5. The van der Waals surface area contributed by atoms with Gasteiger partial charge in [-0.1, -0.05) is 19.9 Å². The van der Waals surface area contributed by atoms with Crippen LogP contribution in [0.25, 0.3) is 0 Å². The van der Waals surface area contributed by atoms with Gasteiger partial charge in [0, 0.05) is 37.8 Å². The maximum atomic E-state index is 14.0. The molecule has 1 aliphatic heterocycles. The first-order chi connectivity index (χ1) is 9.09. The zero-order valence-electron chi connectivity index (χ0n) is 12.0. The monoisotopic (exact) mass is 304 g/mol. The minimum atomic E-state index is -0.427. The Morgan fingerprint density at radius 1 is 1.15 bits per heavy atom. The molecule has 0 aliphatic carbocycles. The predicted molar refractivity (Wildman–Crippen MR) is 80.2 cm³/mol. The number of nitrogens with zero attached hydrogens (tertiary/aromatic N) is 1. The summed E-state index contributed by atoms with van der Waals surface area (Å²) in [7, 11) is 0. The van der Waals surface area contributed by atoms with Crippen LogP contribution in [0.4, 0.5) is 8.78 Å². The van der Waals surface area contributed by atoms with Crippen molar-refractivity contribution < 1.29 is 8.78 Å². The predicted octanol–water partition coefficient (Wildman–Crippen LogP) is 3.38. The number of rotatable bonds is 4. The molecule has 0 aromatic heterocycles. The third-order valence-electron chi connectivity index (χ3n) is 3.62. The van der Waals surface area contributed by atoms with E-state index in [1.165, 1.54) is 18.2 Å². The molecule has 0 bridgehead atoms. The highest BCUT2D eigenvalue weighted by Gasteiger charge is 2.27. The van der Waals surface area contributed by atoms with Gasteiger partial charge in [-0.3, -0.25) is 4.90 Å². The Hall–Kier alpha value is -0.710. The minimum Gasteiger partial charge on any atom is -0.314 e. The van der Waals surface area contributed by atoms with Crippen molar-refractivity contribution in [1.82, 2.24) is 10.2 Å². The molecule has 1 aromatic rings. The van der Waals surface area contributed by atoms with Gasteiger partial charge in [-0.05, 0) is 24.5 Å². The quantitative estimate of drug-likeness (QED) is 0.917. The van der Waals surface area contributed by atoms with Gasteiger partial charge in [0.2, 0.25) is 0 Å². The van der Waals surface area contributed by atoms with Crippen LogP contribution in [0, 0.1) is 17.6 Å². The first-order valence-corrected chi connectivity index (χ1v) is 6.98. The Balaban J connectivity index is 0.00000200. The molecule has 20 heavy (non-hydrogen) atoms. The zero-order chi connectivity index (χ0) is 13.8. The molecular weight excluding hydrogens is 282 g/mol. The Morgan fingerprint density at radius 3 is 2.20 bits per heavy atom. The van der Waals surface area contributed by atoms with Gasteiger partial charge in [0.15, 0.2) is 0 Å². The molecule has 114 valence electrons. The van der Waals surface area contributed by atoms with E-state index in [0.717, 1.165) is 32.6 Å². The van der Waals surface area contributed by atoms with Crippen molar-refractivity contribution >= 4 is 12.4 Å². The number of hydrogen-bond acceptors (Lipinski definition) is 2. The summed E-state index contributed by atoms with van der Waals surface area (Å²) >= 11 is 0. The molecule has 2 nitrogen and oxygen atoms in total. The molecule has 0 radical (unpaired) electrons. The van der Waals surface area contributed by atoms with Gasteiger partial charge in [0.05, 0.1) is 0 Å². The van der Waals surface area contributed by atoms with E-state index >= 15 is 0 Å². The Bertz CT molecular complexity index is 400. The van der Waals surface area contributed by atoms with Crippen LogP contribution in [-0.4, -0.2) is 31.1 Å². The summed E-state index contributed by atoms with van der Waals surface area (Å²) in [5.41, 5.74) is 0.234. The normalized spacial score (nSPS) is 17.9. The highest BCUT2D eigenvalue weighted by molar-refractivity contribution is 5.85. The van der Waals surface area contributed by atoms with Crippen molar-refractivity contribution in [3.05, 3.63) is 35.4 Å². The summed E-state index contributed by atoms with van der Waals surface area (Å²) < 4.78 is 28.0. The van der Waals surface area contributed by atoms with Crippen molar-refractivity contribution in [3.63, 3.8) is 0 Å². The molecule has 0 unspecified atom stereocenters. The van der Waals surface area contributed by atoms with Gasteiger partial charge in [-0.2, -0.15) is 0 Å². The van der Waals surface area contributed by atoms with Gasteiger partial charge >= 0.3 is 0 Å². The standard InChI is InChI=1S/C15H22F2N2.ClH/c1-11(2)10-14(19-8-6-18-7-9-19)15-12(16)4-3-5-13(15)17;/h3-5,11,14,18H,6-10H2,1-2H3;1H/t14-;/m1./s1. The van der Waals surface area contributed by atoms with E-state index in [9.17, 15) is 8.78 Å². The van der Waals surface area contributed by atoms with Gasteiger partial charge in [-0.25, -0.2) is 8.78 Å². The Morgan fingerprint density at radius 2 is 1.70 bits per heavy atom. The molecule has 1 N–H and O–H groups in total. The lowest BCUT2D eigenvalue weighted by atomic mass is 9.94. The van der Waals surface area contributed by atoms with Gasteiger partial charge in [0.1, 0.15) is 11.6 Å². The average Bonchev–Trinajstić information content (AvgIpc) is 2.38. The van der Waals surface area contributed by atoms with Crippen molar-refractivity contribution in [1.29, 1.82) is 0 Å². The number of hydrogen-bond donors (Lipinski definition) is 1. The molecule has 2 rings (SSSR count). The van der Waals surface area contributed by atoms with E-state index in [1.807, 2.05) is 0 Å². The lowest BCUT2D eigenvalue weighted by Gasteiger charge is -2.36. The molecule has 0 spiro atoms. The highest BCUT2D eigenvalue weighted by Crippen LogP contribution is 2.31. The summed E-state index contributed by atoms with van der Waals surface area (Å²) in [5, 5.41) is 3.27. The first kappa shape index (κ1) is 17.3. The maximum absolute atomic E-state index is 14.0. The number of nitrogens with one attached hydrogen (secondary N) is 1. The fraction of sp³-hybridized carbons (Fsp3) is 0.600. The fourth-order valence-electron chi connectivity index (χ4n) is 2.72. The van der Waals surface area contributed by atoms with Crippen LogP contribution in [0.3, 0.4) is 0 Å². The van der Waals surface area contributed by atoms with Crippen molar-refractivity contribution in [2.75, 3.05) is 26.2 Å². The SMILES string of the molecule is CC(C)C[C@H](c1c(F)cccc1F)N1CCNCC1.Cl. The Labute approximate surface area is 126 Å². The van der Waals surface area contributed by atoms with E-state index in [-0.39, 0.29) is 24.0 Å². The first-order valence-electron chi connectivity index (χ1n) is 6.98. The number of benzene rings is 1. The van der Waals surface area contributed by atoms with E-state index < -0.39 is 11.6 Å². The van der Waals surface area contributed by atoms with E-state index in [2.05, 4.69) is 24.1 Å². The summed E-state index contributed by atoms with van der Waals surface area (Å²) in [6.07, 6.45) is 0.776. The molecule has 5 heteroatoms. The molecule has 1 saturated heterocycles. The van der Waals surface area contributed by atoms with Crippen LogP contribution in [0.5, 0.6) is 0 Å². The van der Waals surface area contributed by atoms with Crippen LogP contribution < -0.4 is 5.32 Å². The smallest absolute Gasteiger partial charge is 0.130 e. The minimum absolute atomic E-state index is 0. The van der Waals surface area contributed by atoms with Crippen LogP contribution in [-0.2, 0) is 0 Å². The van der Waals surface area contributed by atoms with E-state index in [0.29, 0.717) is 5.92 Å². The topological polar surface area (TPSA) is 15.3 Å². The fourth-order valence-corrected chi connectivity index (χ4v) is 2.72. The summed E-state index contributed by atoms with van der Waals surface area (Å²) in [6, 6.07) is 3.98. The number of piperazine rings is 1. The molecule has 1 aliphatic rings. The summed E-state index contributed by atoms with van der Waals surface area (Å²) in [6.45, 7) is 7.62. The van der Waals surface area contributed by atoms with E-state index in [1.54, 1.807) is 0 Å². The van der Waals surface area contributed by atoms with Crippen LogP contribution in [0.15, 0.2) is 18.2 Å². The van der Waals surface area contributed by atoms with Crippen molar-refractivity contribution in [2.45, 2.75) is 26.3 Å². The Kier molecular flexibility index (Phi) is 6.86. The second-order valence-electron chi connectivity index (χ2n) is 5.57. The van der Waals surface area contributed by atoms with Crippen LogP contribution in [0.1, 0.15) is 31.9 Å². The molecule has 1 heterocycles. The molecule has 0 amide bonds. The lowest BCUT2D eigenvalue weighted by molar-refractivity contribution is 0.147. The molecule has 1 aromatic carbocycles. The van der Waals surface area contributed by atoms with Crippen molar-refractivity contribution in [3.8, 4) is 0 Å². The molecule has 0 saturated carbocycles. The average molecular weight is 305 g/mol. The third-order valence-corrected chi connectivity index (χ3v) is 3.62. The molecule has 1 fully saturated rings.